The number of ether oxygens (including phenoxy) is 2. The molecule has 0 saturated carbocycles. The van der Waals surface area contributed by atoms with Gasteiger partial charge in [-0.05, 0) is 25.3 Å². The van der Waals surface area contributed by atoms with E-state index in [2.05, 4.69) is 0 Å². The maximum atomic E-state index is 13.2. The molecule has 140 valence electrons. The van der Waals surface area contributed by atoms with Crippen molar-refractivity contribution in [1.82, 2.24) is 0 Å². The van der Waals surface area contributed by atoms with Gasteiger partial charge in [0.25, 0.3) is 0 Å². The van der Waals surface area contributed by atoms with Gasteiger partial charge >= 0.3 is 11.2 Å². The summed E-state index contributed by atoms with van der Waals surface area (Å²) in [6.07, 6.45) is -0.125. The molecule has 1 aromatic carbocycles. The van der Waals surface area contributed by atoms with Gasteiger partial charge in [0.05, 0.1) is 12.7 Å². The summed E-state index contributed by atoms with van der Waals surface area (Å²) in [4.78, 5) is 12.7. The Balaban J connectivity index is 2.10. The number of halogens is 2. The Bertz CT molecular complexity index is 597. The maximum Gasteiger partial charge on any atom is 0.342 e. The fourth-order valence-electron chi connectivity index (χ4n) is 2.64. The molecule has 3 atom stereocenters. The molecule has 2 rings (SSSR count). The van der Waals surface area contributed by atoms with Crippen LogP contribution in [0.3, 0.4) is 0 Å². The zero-order valence-electron chi connectivity index (χ0n) is 14.2. The van der Waals surface area contributed by atoms with E-state index in [4.69, 9.17) is 13.7 Å². The Labute approximate surface area is 148 Å². The smallest absolute Gasteiger partial charge is 0.342 e. The molecule has 25 heavy (non-hydrogen) atoms. The van der Waals surface area contributed by atoms with Crippen molar-refractivity contribution in [2.45, 2.75) is 44.7 Å². The van der Waals surface area contributed by atoms with Crippen LogP contribution in [0.4, 0.5) is 8.78 Å². The SMILES string of the molecule is CC(OS(=O)C(C)(F)F)C1(C(=O)OCc2ccccc2)CCCOC1. The molecular weight excluding hydrogens is 354 g/mol. The van der Waals surface area contributed by atoms with Crippen molar-refractivity contribution in [3.05, 3.63) is 35.9 Å². The first-order valence-corrected chi connectivity index (χ1v) is 9.09. The normalized spacial score (nSPS) is 23.7. The van der Waals surface area contributed by atoms with E-state index in [0.29, 0.717) is 26.4 Å². The fraction of sp³-hybridized carbons (Fsp3) is 0.588. The van der Waals surface area contributed by atoms with E-state index in [0.717, 1.165) is 5.56 Å². The lowest BCUT2D eigenvalue weighted by Crippen LogP contribution is -2.50. The van der Waals surface area contributed by atoms with Crippen LogP contribution in [0.25, 0.3) is 0 Å². The molecule has 0 aromatic heterocycles. The standard InChI is InChI=1S/C17H22F2O5S/c1-13(24-25(21)16(2,18)19)17(9-6-10-22-12-17)15(20)23-11-14-7-4-3-5-8-14/h3-5,7-8,13H,6,9-12H2,1-2H3. The second kappa shape index (κ2) is 8.33. The van der Waals surface area contributed by atoms with Crippen LogP contribution in [-0.4, -0.2) is 34.8 Å². The van der Waals surface area contributed by atoms with Crippen LogP contribution < -0.4 is 0 Å². The zero-order chi connectivity index (χ0) is 18.5. The summed E-state index contributed by atoms with van der Waals surface area (Å²) in [5, 5.41) is -3.51. The summed E-state index contributed by atoms with van der Waals surface area (Å²) in [7, 11) is 0. The average molecular weight is 376 g/mol. The molecule has 3 unspecified atom stereocenters. The van der Waals surface area contributed by atoms with Crippen molar-refractivity contribution in [3.63, 3.8) is 0 Å². The van der Waals surface area contributed by atoms with Crippen molar-refractivity contribution in [1.29, 1.82) is 0 Å². The van der Waals surface area contributed by atoms with Crippen LogP contribution in [0, 0.1) is 5.41 Å². The third kappa shape index (κ3) is 5.05. The summed E-state index contributed by atoms with van der Waals surface area (Å²) in [5.74, 6) is -0.597. The molecule has 0 spiro atoms. The van der Waals surface area contributed by atoms with E-state index in [-0.39, 0.29) is 13.2 Å². The number of carbonyl (C=O) groups is 1. The summed E-state index contributed by atoms with van der Waals surface area (Å²) < 4.78 is 53.7. The Hall–Kier alpha value is -1.38. The van der Waals surface area contributed by atoms with Gasteiger partial charge in [0.2, 0.25) is 11.1 Å². The molecule has 0 bridgehead atoms. The summed E-state index contributed by atoms with van der Waals surface area (Å²) >= 11 is -2.85. The van der Waals surface area contributed by atoms with Gasteiger partial charge in [-0.3, -0.25) is 8.98 Å². The second-order valence-electron chi connectivity index (χ2n) is 6.15. The van der Waals surface area contributed by atoms with Crippen molar-refractivity contribution < 1.29 is 31.4 Å². The lowest BCUT2D eigenvalue weighted by molar-refractivity contribution is -0.174. The highest BCUT2D eigenvalue weighted by atomic mass is 32.2. The number of benzene rings is 1. The quantitative estimate of drug-likeness (QED) is 0.684. The number of hydrogen-bond donors (Lipinski definition) is 0. The molecule has 0 N–H and O–H groups in total. The highest BCUT2D eigenvalue weighted by molar-refractivity contribution is 7.81. The highest BCUT2D eigenvalue weighted by Gasteiger charge is 2.49. The van der Waals surface area contributed by atoms with E-state index in [9.17, 15) is 17.8 Å². The molecule has 0 radical (unpaired) electrons. The third-order valence-corrected chi connectivity index (χ3v) is 5.24. The zero-order valence-corrected chi connectivity index (χ0v) is 15.0. The van der Waals surface area contributed by atoms with Crippen LogP contribution >= 0.6 is 0 Å². The van der Waals surface area contributed by atoms with Crippen molar-refractivity contribution in [3.8, 4) is 0 Å². The molecule has 1 aliphatic rings. The minimum absolute atomic E-state index is 0.0196. The molecule has 0 aliphatic carbocycles. The molecule has 1 aromatic rings. The second-order valence-corrected chi connectivity index (χ2v) is 7.53. The van der Waals surface area contributed by atoms with Crippen molar-refractivity contribution in [2.24, 2.45) is 5.41 Å². The number of hydrogen-bond acceptors (Lipinski definition) is 5. The van der Waals surface area contributed by atoms with Crippen LogP contribution in [-0.2, 0) is 36.1 Å². The number of carbonyl (C=O) groups excluding carboxylic acids is 1. The Morgan fingerprint density at radius 3 is 2.64 bits per heavy atom. The minimum atomic E-state index is -3.51. The van der Waals surface area contributed by atoms with Gasteiger partial charge in [-0.25, -0.2) is 4.21 Å². The Morgan fingerprint density at radius 1 is 1.40 bits per heavy atom. The summed E-state index contributed by atoms with van der Waals surface area (Å²) in [6.45, 7) is 2.46. The Morgan fingerprint density at radius 2 is 2.08 bits per heavy atom. The van der Waals surface area contributed by atoms with E-state index < -0.39 is 33.8 Å². The summed E-state index contributed by atoms with van der Waals surface area (Å²) in [5.41, 5.74) is -0.450. The van der Waals surface area contributed by atoms with Crippen LogP contribution in [0.5, 0.6) is 0 Å². The van der Waals surface area contributed by atoms with Gasteiger partial charge in [0.1, 0.15) is 12.0 Å². The monoisotopic (exact) mass is 376 g/mol. The van der Waals surface area contributed by atoms with Crippen molar-refractivity contribution in [2.75, 3.05) is 13.2 Å². The van der Waals surface area contributed by atoms with Gasteiger partial charge in [-0.1, -0.05) is 30.3 Å². The number of alkyl halides is 2. The topological polar surface area (TPSA) is 61.8 Å². The van der Waals surface area contributed by atoms with Crippen molar-refractivity contribution >= 4 is 17.0 Å². The molecular formula is C17H22F2O5S. The molecule has 1 heterocycles. The first-order chi connectivity index (χ1) is 11.8. The Kier molecular flexibility index (Phi) is 6.65. The highest BCUT2D eigenvalue weighted by Crippen LogP contribution is 2.37. The van der Waals surface area contributed by atoms with Gasteiger partial charge in [0.15, 0.2) is 0 Å². The average Bonchev–Trinajstić information content (AvgIpc) is 2.60. The van der Waals surface area contributed by atoms with E-state index in [1.54, 1.807) is 0 Å². The van der Waals surface area contributed by atoms with E-state index >= 15 is 0 Å². The summed E-state index contributed by atoms with van der Waals surface area (Å²) in [6, 6.07) is 9.10. The molecule has 5 nitrogen and oxygen atoms in total. The van der Waals surface area contributed by atoms with E-state index in [1.807, 2.05) is 30.3 Å². The maximum absolute atomic E-state index is 13.2. The molecule has 1 saturated heterocycles. The molecule has 1 aliphatic heterocycles. The molecule has 8 heteroatoms. The van der Waals surface area contributed by atoms with Gasteiger partial charge < -0.3 is 9.47 Å². The van der Waals surface area contributed by atoms with Crippen LogP contribution in [0.1, 0.15) is 32.3 Å². The minimum Gasteiger partial charge on any atom is -0.460 e. The van der Waals surface area contributed by atoms with Crippen LogP contribution in [0.15, 0.2) is 30.3 Å². The number of rotatable bonds is 7. The molecule has 1 fully saturated rings. The molecule has 0 amide bonds. The third-order valence-electron chi connectivity index (χ3n) is 4.19. The lowest BCUT2D eigenvalue weighted by Gasteiger charge is -2.38. The predicted molar refractivity (Wildman–Crippen MR) is 88.0 cm³/mol. The lowest BCUT2D eigenvalue weighted by atomic mass is 9.78. The van der Waals surface area contributed by atoms with Gasteiger partial charge in [-0.15, -0.1) is 0 Å². The van der Waals surface area contributed by atoms with Gasteiger partial charge in [-0.2, -0.15) is 8.78 Å². The van der Waals surface area contributed by atoms with Gasteiger partial charge in [0, 0.05) is 13.5 Å². The predicted octanol–water partition coefficient (Wildman–Crippen LogP) is 3.21. The first-order valence-electron chi connectivity index (χ1n) is 8.01. The fourth-order valence-corrected chi connectivity index (χ4v) is 3.25. The van der Waals surface area contributed by atoms with Crippen LogP contribution in [0.2, 0.25) is 0 Å². The largest absolute Gasteiger partial charge is 0.460 e. The van der Waals surface area contributed by atoms with E-state index in [1.165, 1.54) is 6.92 Å². The first kappa shape index (κ1) is 19.9. The number of esters is 1.